The van der Waals surface area contributed by atoms with E-state index >= 15 is 0 Å². The predicted octanol–water partition coefficient (Wildman–Crippen LogP) is 4.40. The number of piperidine rings is 1. The highest BCUT2D eigenvalue weighted by molar-refractivity contribution is 6.32. The molecule has 1 aliphatic rings. The molecule has 0 radical (unpaired) electrons. The summed E-state index contributed by atoms with van der Waals surface area (Å²) in [6.45, 7) is 3.96. The molecule has 1 fully saturated rings. The van der Waals surface area contributed by atoms with Gasteiger partial charge >= 0.3 is 0 Å². The van der Waals surface area contributed by atoms with Crippen LogP contribution in [0.2, 0.25) is 5.02 Å². The number of fused-ring (bicyclic) bond motifs is 1. The van der Waals surface area contributed by atoms with Gasteiger partial charge < -0.3 is 20.1 Å². The minimum Gasteiger partial charge on any atom is -0.495 e. The van der Waals surface area contributed by atoms with Crippen molar-refractivity contribution in [1.82, 2.24) is 10.2 Å². The number of aromatic nitrogens is 2. The molecule has 0 aliphatic carbocycles. The standard InChI is InChI=1S/C23H24ClN5O2.ClH/c1-14-13-29(8-7-20(14)30)23-17-5-3-15(11-25)9-18(17)22(27-28-23)26-12-16-4-6-21(31-2)19(24)10-16;/h3-6,9-10,14,20,30H,7-8,12-13H2,1-2H3,(H,26,27);1H. The molecule has 168 valence electrons. The third-order valence-corrected chi connectivity index (χ3v) is 6.02. The Labute approximate surface area is 198 Å². The lowest BCUT2D eigenvalue weighted by atomic mass is 9.96. The number of rotatable bonds is 5. The third kappa shape index (κ3) is 4.83. The van der Waals surface area contributed by atoms with Gasteiger partial charge in [-0.3, -0.25) is 0 Å². The van der Waals surface area contributed by atoms with Crippen molar-refractivity contribution in [3.05, 3.63) is 52.5 Å². The minimum absolute atomic E-state index is 0. The van der Waals surface area contributed by atoms with Crippen LogP contribution in [0.25, 0.3) is 10.8 Å². The number of hydrogen-bond acceptors (Lipinski definition) is 7. The van der Waals surface area contributed by atoms with Gasteiger partial charge in [0.1, 0.15) is 5.75 Å². The van der Waals surface area contributed by atoms with Gasteiger partial charge in [0.05, 0.1) is 29.9 Å². The summed E-state index contributed by atoms with van der Waals surface area (Å²) in [7, 11) is 1.58. The predicted molar refractivity (Wildman–Crippen MR) is 129 cm³/mol. The SMILES string of the molecule is COc1ccc(CNc2nnc(N3CCC(O)C(C)C3)c3ccc(C#N)cc23)cc1Cl.Cl. The molecule has 1 aliphatic heterocycles. The monoisotopic (exact) mass is 473 g/mol. The Morgan fingerprint density at radius 1 is 1.25 bits per heavy atom. The maximum atomic E-state index is 10.1. The average Bonchev–Trinajstić information content (AvgIpc) is 2.79. The smallest absolute Gasteiger partial charge is 0.159 e. The van der Waals surface area contributed by atoms with Crippen LogP contribution >= 0.6 is 24.0 Å². The van der Waals surface area contributed by atoms with Crippen LogP contribution < -0.4 is 15.0 Å². The molecule has 9 heteroatoms. The zero-order valence-corrected chi connectivity index (χ0v) is 19.5. The summed E-state index contributed by atoms with van der Waals surface area (Å²) >= 11 is 6.23. The number of anilines is 2. The number of aliphatic hydroxyl groups is 1. The average molecular weight is 474 g/mol. The van der Waals surface area contributed by atoms with Crippen molar-refractivity contribution < 1.29 is 9.84 Å². The van der Waals surface area contributed by atoms with Gasteiger partial charge in [0.25, 0.3) is 0 Å². The summed E-state index contributed by atoms with van der Waals surface area (Å²) in [5.74, 6) is 2.16. The quantitative estimate of drug-likeness (QED) is 0.566. The molecule has 2 N–H and O–H groups in total. The topological polar surface area (TPSA) is 94.3 Å². The van der Waals surface area contributed by atoms with Crippen molar-refractivity contribution >= 4 is 46.4 Å². The van der Waals surface area contributed by atoms with Crippen LogP contribution in [0.15, 0.2) is 36.4 Å². The lowest BCUT2D eigenvalue weighted by molar-refractivity contribution is 0.0969. The molecule has 2 atom stereocenters. The first-order valence-corrected chi connectivity index (χ1v) is 10.6. The molecule has 1 aromatic heterocycles. The molecule has 2 unspecified atom stereocenters. The van der Waals surface area contributed by atoms with Gasteiger partial charge in [-0.2, -0.15) is 5.26 Å². The Balaban J connectivity index is 0.00000289. The zero-order valence-electron chi connectivity index (χ0n) is 17.9. The number of ether oxygens (including phenoxy) is 1. The van der Waals surface area contributed by atoms with Gasteiger partial charge in [-0.25, -0.2) is 0 Å². The Morgan fingerprint density at radius 2 is 2.06 bits per heavy atom. The van der Waals surface area contributed by atoms with Crippen LogP contribution in [0.4, 0.5) is 11.6 Å². The van der Waals surface area contributed by atoms with Crippen molar-refractivity contribution in [2.24, 2.45) is 5.92 Å². The van der Waals surface area contributed by atoms with Crippen LogP contribution in [0.5, 0.6) is 5.75 Å². The van der Waals surface area contributed by atoms with E-state index in [-0.39, 0.29) is 24.4 Å². The summed E-state index contributed by atoms with van der Waals surface area (Å²) in [6.07, 6.45) is 0.400. The van der Waals surface area contributed by atoms with Gasteiger partial charge in [0.2, 0.25) is 0 Å². The van der Waals surface area contributed by atoms with Gasteiger partial charge in [-0.05, 0) is 48.2 Å². The van der Waals surface area contributed by atoms with Gasteiger partial charge in [-0.15, -0.1) is 22.6 Å². The molecule has 2 heterocycles. The van der Waals surface area contributed by atoms with Crippen molar-refractivity contribution in [2.75, 3.05) is 30.4 Å². The molecule has 32 heavy (non-hydrogen) atoms. The van der Waals surface area contributed by atoms with E-state index in [1.54, 1.807) is 13.2 Å². The molecule has 4 rings (SSSR count). The Kier molecular flexibility index (Phi) is 7.62. The number of hydrogen-bond donors (Lipinski definition) is 2. The second-order valence-corrected chi connectivity index (χ2v) is 8.25. The normalized spacial score (nSPS) is 18.0. The third-order valence-electron chi connectivity index (χ3n) is 5.73. The molecule has 0 bridgehead atoms. The summed E-state index contributed by atoms with van der Waals surface area (Å²) in [4.78, 5) is 2.16. The number of methoxy groups -OCH3 is 1. The second-order valence-electron chi connectivity index (χ2n) is 7.85. The number of nitriles is 1. The van der Waals surface area contributed by atoms with Crippen LogP contribution in [-0.2, 0) is 6.54 Å². The fourth-order valence-electron chi connectivity index (χ4n) is 3.91. The maximum Gasteiger partial charge on any atom is 0.159 e. The number of halogens is 2. The van der Waals surface area contributed by atoms with Crippen molar-refractivity contribution in [1.29, 1.82) is 5.26 Å². The zero-order chi connectivity index (χ0) is 22.0. The highest BCUT2D eigenvalue weighted by Gasteiger charge is 2.26. The van der Waals surface area contributed by atoms with Gasteiger partial charge in [-0.1, -0.05) is 24.6 Å². The number of benzene rings is 2. The fourth-order valence-corrected chi connectivity index (χ4v) is 4.19. The summed E-state index contributed by atoms with van der Waals surface area (Å²) in [6, 6.07) is 13.3. The molecule has 3 aromatic rings. The first kappa shape index (κ1) is 23.9. The number of nitrogens with one attached hydrogen (secondary N) is 1. The molecule has 1 saturated heterocycles. The molecule has 7 nitrogen and oxygen atoms in total. The van der Waals surface area contributed by atoms with Crippen molar-refractivity contribution in [3.63, 3.8) is 0 Å². The van der Waals surface area contributed by atoms with Gasteiger partial charge in [0, 0.05) is 30.4 Å². The van der Waals surface area contributed by atoms with E-state index in [1.807, 2.05) is 37.3 Å². The first-order valence-electron chi connectivity index (χ1n) is 10.2. The van der Waals surface area contributed by atoms with Crippen molar-refractivity contribution in [3.8, 4) is 11.8 Å². The van der Waals surface area contributed by atoms with Gasteiger partial charge in [0.15, 0.2) is 11.6 Å². The molecule has 0 spiro atoms. The molecular weight excluding hydrogens is 449 g/mol. The lowest BCUT2D eigenvalue weighted by Crippen LogP contribution is -2.42. The molecule has 0 amide bonds. The molecule has 2 aromatic carbocycles. The highest BCUT2D eigenvalue weighted by Crippen LogP contribution is 2.32. The second kappa shape index (κ2) is 10.2. The van der Waals surface area contributed by atoms with E-state index in [2.05, 4.69) is 26.5 Å². The summed E-state index contributed by atoms with van der Waals surface area (Å²) in [5, 5.41) is 34.0. The Bertz CT molecular complexity index is 1150. The van der Waals surface area contributed by atoms with E-state index in [9.17, 15) is 10.4 Å². The largest absolute Gasteiger partial charge is 0.495 e. The van der Waals surface area contributed by atoms with E-state index in [0.717, 1.165) is 22.2 Å². The maximum absolute atomic E-state index is 10.1. The van der Waals surface area contributed by atoms with Crippen LogP contribution in [0, 0.1) is 17.2 Å². The Morgan fingerprint density at radius 3 is 2.75 bits per heavy atom. The van der Waals surface area contributed by atoms with Crippen LogP contribution in [0.1, 0.15) is 24.5 Å². The summed E-state index contributed by atoms with van der Waals surface area (Å²) in [5.41, 5.74) is 1.53. The molecule has 0 saturated carbocycles. The van der Waals surface area contributed by atoms with E-state index in [0.29, 0.717) is 48.2 Å². The lowest BCUT2D eigenvalue weighted by Gasteiger charge is -2.35. The number of nitrogens with zero attached hydrogens (tertiary/aromatic N) is 4. The first-order chi connectivity index (χ1) is 15.0. The molecular formula is C23H25Cl2N5O2. The van der Waals surface area contributed by atoms with Crippen molar-refractivity contribution in [2.45, 2.75) is 26.0 Å². The fraction of sp³-hybridized carbons (Fsp3) is 0.348. The Hall–Kier alpha value is -2.79. The minimum atomic E-state index is -0.294. The summed E-state index contributed by atoms with van der Waals surface area (Å²) < 4.78 is 5.21. The number of aliphatic hydroxyl groups excluding tert-OH is 1. The van der Waals surface area contributed by atoms with Crippen LogP contribution in [0.3, 0.4) is 0 Å². The van der Waals surface area contributed by atoms with Crippen LogP contribution in [-0.4, -0.2) is 41.6 Å². The van der Waals surface area contributed by atoms with E-state index < -0.39 is 0 Å². The van der Waals surface area contributed by atoms with E-state index in [4.69, 9.17) is 16.3 Å². The van der Waals surface area contributed by atoms with E-state index in [1.165, 1.54) is 0 Å². The highest BCUT2D eigenvalue weighted by atomic mass is 35.5.